The zero-order valence-electron chi connectivity index (χ0n) is 10.7. The molecular formula is C13H16N2O3. The number of rotatable bonds is 5. The molecule has 0 aliphatic rings. The van der Waals surface area contributed by atoms with Crippen molar-refractivity contribution in [2.24, 2.45) is 0 Å². The number of nitriles is 1. The second-order valence-electron chi connectivity index (χ2n) is 3.63. The van der Waals surface area contributed by atoms with Crippen LogP contribution in [0, 0.1) is 11.3 Å². The summed E-state index contributed by atoms with van der Waals surface area (Å²) in [5.41, 5.74) is 0.477. The summed E-state index contributed by atoms with van der Waals surface area (Å²) in [4.78, 5) is 11.5. The predicted molar refractivity (Wildman–Crippen MR) is 66.5 cm³/mol. The van der Waals surface area contributed by atoms with E-state index in [2.05, 4.69) is 5.32 Å². The minimum atomic E-state index is -0.619. The van der Waals surface area contributed by atoms with E-state index in [1.165, 1.54) is 7.11 Å². The lowest BCUT2D eigenvalue weighted by Gasteiger charge is -2.16. The van der Waals surface area contributed by atoms with E-state index in [0.29, 0.717) is 23.6 Å². The highest BCUT2D eigenvalue weighted by atomic mass is 16.5. The Morgan fingerprint density at radius 3 is 2.78 bits per heavy atom. The molecule has 0 saturated heterocycles. The molecule has 96 valence electrons. The number of ether oxygens (including phenoxy) is 2. The normalized spacial score (nSPS) is 11.2. The van der Waals surface area contributed by atoms with Crippen LogP contribution in [0.25, 0.3) is 0 Å². The van der Waals surface area contributed by atoms with E-state index in [-0.39, 0.29) is 5.91 Å². The number of nitrogens with zero attached hydrogens (tertiary/aromatic N) is 1. The van der Waals surface area contributed by atoms with Crippen LogP contribution in [0.15, 0.2) is 18.2 Å². The van der Waals surface area contributed by atoms with Gasteiger partial charge >= 0.3 is 0 Å². The van der Waals surface area contributed by atoms with Crippen molar-refractivity contribution in [3.05, 3.63) is 23.8 Å². The van der Waals surface area contributed by atoms with Gasteiger partial charge in [0.05, 0.1) is 18.7 Å². The van der Waals surface area contributed by atoms with E-state index in [9.17, 15) is 4.79 Å². The molecule has 0 fully saturated rings. The van der Waals surface area contributed by atoms with Gasteiger partial charge in [-0.05, 0) is 26.0 Å². The van der Waals surface area contributed by atoms with Crippen molar-refractivity contribution >= 4 is 5.91 Å². The fraction of sp³-hybridized carbons (Fsp3) is 0.385. The number of nitrogens with one attached hydrogen (secondary N) is 1. The van der Waals surface area contributed by atoms with E-state index in [1.807, 2.05) is 13.0 Å². The largest absolute Gasteiger partial charge is 0.493 e. The second-order valence-corrected chi connectivity index (χ2v) is 3.63. The molecule has 1 amide bonds. The zero-order valence-corrected chi connectivity index (χ0v) is 10.7. The summed E-state index contributed by atoms with van der Waals surface area (Å²) in [5.74, 6) is 0.685. The molecule has 1 atom stereocenters. The highest BCUT2D eigenvalue weighted by molar-refractivity contribution is 5.80. The van der Waals surface area contributed by atoms with E-state index in [4.69, 9.17) is 14.7 Å². The summed E-state index contributed by atoms with van der Waals surface area (Å²) < 4.78 is 10.6. The number of amides is 1. The second kappa shape index (κ2) is 6.50. The third-order valence-electron chi connectivity index (χ3n) is 2.32. The Balaban J connectivity index is 2.84. The van der Waals surface area contributed by atoms with Gasteiger partial charge in [-0.15, -0.1) is 0 Å². The minimum Gasteiger partial charge on any atom is -0.493 e. The third-order valence-corrected chi connectivity index (χ3v) is 2.32. The first-order valence-corrected chi connectivity index (χ1v) is 5.64. The van der Waals surface area contributed by atoms with Crippen LogP contribution in [0.3, 0.4) is 0 Å². The average Bonchev–Trinajstić information content (AvgIpc) is 2.39. The van der Waals surface area contributed by atoms with Crippen molar-refractivity contribution in [3.8, 4) is 17.6 Å². The molecular weight excluding hydrogens is 232 g/mol. The molecule has 1 aromatic carbocycles. The molecule has 0 aliphatic carbocycles. The van der Waals surface area contributed by atoms with Crippen LogP contribution in [-0.4, -0.2) is 25.7 Å². The highest BCUT2D eigenvalue weighted by Crippen LogP contribution is 2.28. The molecule has 18 heavy (non-hydrogen) atoms. The van der Waals surface area contributed by atoms with Crippen molar-refractivity contribution in [2.75, 3.05) is 13.7 Å². The van der Waals surface area contributed by atoms with E-state index >= 15 is 0 Å². The Morgan fingerprint density at radius 1 is 1.50 bits per heavy atom. The number of carbonyl (C=O) groups is 1. The van der Waals surface area contributed by atoms with Crippen LogP contribution in [0.2, 0.25) is 0 Å². The van der Waals surface area contributed by atoms with Gasteiger partial charge < -0.3 is 14.8 Å². The SMILES string of the molecule is CCNC(=O)[C@@H](C)Oc1ccc(C#N)cc1OC. The Labute approximate surface area is 106 Å². The van der Waals surface area contributed by atoms with Crippen LogP contribution in [0.5, 0.6) is 11.5 Å². The first-order chi connectivity index (χ1) is 8.62. The van der Waals surface area contributed by atoms with Gasteiger partial charge in [0.2, 0.25) is 0 Å². The van der Waals surface area contributed by atoms with E-state index < -0.39 is 6.10 Å². The van der Waals surface area contributed by atoms with Crippen molar-refractivity contribution in [1.29, 1.82) is 5.26 Å². The molecule has 0 aromatic heterocycles. The Bertz CT molecular complexity index is 466. The predicted octanol–water partition coefficient (Wildman–Crippen LogP) is 1.47. The van der Waals surface area contributed by atoms with Crippen molar-refractivity contribution in [1.82, 2.24) is 5.32 Å². The summed E-state index contributed by atoms with van der Waals surface area (Å²) >= 11 is 0. The van der Waals surface area contributed by atoms with Crippen LogP contribution in [0.1, 0.15) is 19.4 Å². The summed E-state index contributed by atoms with van der Waals surface area (Å²) in [5, 5.41) is 11.4. The summed E-state index contributed by atoms with van der Waals surface area (Å²) in [6.07, 6.45) is -0.619. The first-order valence-electron chi connectivity index (χ1n) is 5.64. The minimum absolute atomic E-state index is 0.191. The van der Waals surface area contributed by atoms with Gasteiger partial charge in [-0.1, -0.05) is 0 Å². The summed E-state index contributed by atoms with van der Waals surface area (Å²) in [6, 6.07) is 6.81. The smallest absolute Gasteiger partial charge is 0.260 e. The number of benzene rings is 1. The number of carbonyl (C=O) groups excluding carboxylic acids is 1. The Morgan fingerprint density at radius 2 is 2.22 bits per heavy atom. The number of methoxy groups -OCH3 is 1. The number of hydrogen-bond donors (Lipinski definition) is 1. The Hall–Kier alpha value is -2.22. The molecule has 1 rings (SSSR count). The van der Waals surface area contributed by atoms with Gasteiger partial charge in [-0.25, -0.2) is 0 Å². The van der Waals surface area contributed by atoms with Gasteiger partial charge in [0.25, 0.3) is 5.91 Å². The van der Waals surface area contributed by atoms with Gasteiger partial charge in [0.1, 0.15) is 0 Å². The molecule has 0 heterocycles. The van der Waals surface area contributed by atoms with Crippen molar-refractivity contribution < 1.29 is 14.3 Å². The maximum Gasteiger partial charge on any atom is 0.260 e. The van der Waals surface area contributed by atoms with Crippen LogP contribution in [0.4, 0.5) is 0 Å². The standard InChI is InChI=1S/C13H16N2O3/c1-4-15-13(16)9(2)18-11-6-5-10(8-14)7-12(11)17-3/h5-7,9H,4H2,1-3H3,(H,15,16)/t9-/m1/s1. The van der Waals surface area contributed by atoms with Gasteiger partial charge in [0, 0.05) is 12.6 Å². The molecule has 5 nitrogen and oxygen atoms in total. The maximum absolute atomic E-state index is 11.5. The van der Waals surface area contributed by atoms with Crippen LogP contribution >= 0.6 is 0 Å². The molecule has 0 spiro atoms. The molecule has 5 heteroatoms. The molecule has 1 N–H and O–H groups in total. The molecule has 0 radical (unpaired) electrons. The molecule has 1 aromatic rings. The Kier molecular flexibility index (Phi) is 5.00. The summed E-state index contributed by atoms with van der Waals surface area (Å²) in [6.45, 7) is 4.05. The van der Waals surface area contributed by atoms with E-state index in [0.717, 1.165) is 0 Å². The van der Waals surface area contributed by atoms with Crippen LogP contribution < -0.4 is 14.8 Å². The fourth-order valence-electron chi connectivity index (χ4n) is 1.40. The topological polar surface area (TPSA) is 71.3 Å². The average molecular weight is 248 g/mol. The fourth-order valence-corrected chi connectivity index (χ4v) is 1.40. The first kappa shape index (κ1) is 13.8. The molecule has 0 unspecified atom stereocenters. The lowest BCUT2D eigenvalue weighted by atomic mass is 10.2. The van der Waals surface area contributed by atoms with Crippen LogP contribution in [-0.2, 0) is 4.79 Å². The van der Waals surface area contributed by atoms with Crippen molar-refractivity contribution in [2.45, 2.75) is 20.0 Å². The highest BCUT2D eigenvalue weighted by Gasteiger charge is 2.16. The zero-order chi connectivity index (χ0) is 13.5. The summed E-state index contributed by atoms with van der Waals surface area (Å²) in [7, 11) is 1.49. The monoisotopic (exact) mass is 248 g/mol. The van der Waals surface area contributed by atoms with Gasteiger partial charge in [-0.3, -0.25) is 4.79 Å². The maximum atomic E-state index is 11.5. The lowest BCUT2D eigenvalue weighted by molar-refractivity contribution is -0.127. The third kappa shape index (κ3) is 3.39. The van der Waals surface area contributed by atoms with Gasteiger partial charge in [0.15, 0.2) is 17.6 Å². The number of likely N-dealkylation sites (N-methyl/N-ethyl adjacent to an activating group) is 1. The van der Waals surface area contributed by atoms with Crippen molar-refractivity contribution in [3.63, 3.8) is 0 Å². The number of hydrogen-bond acceptors (Lipinski definition) is 4. The molecule has 0 saturated carbocycles. The molecule has 0 aliphatic heterocycles. The van der Waals surface area contributed by atoms with E-state index in [1.54, 1.807) is 25.1 Å². The molecule has 0 bridgehead atoms. The lowest BCUT2D eigenvalue weighted by Crippen LogP contribution is -2.36. The van der Waals surface area contributed by atoms with Gasteiger partial charge in [-0.2, -0.15) is 5.26 Å². The quantitative estimate of drug-likeness (QED) is 0.856.